The van der Waals surface area contributed by atoms with Crippen LogP contribution in [-0.2, 0) is 9.53 Å². The molecule has 1 aromatic heterocycles. The van der Waals surface area contributed by atoms with Gasteiger partial charge in [-0.05, 0) is 6.42 Å². The van der Waals surface area contributed by atoms with E-state index < -0.39 is 0 Å². The zero-order chi connectivity index (χ0) is 11.8. The fourth-order valence-corrected chi connectivity index (χ4v) is 1.59. The van der Waals surface area contributed by atoms with Gasteiger partial charge in [-0.1, -0.05) is 11.8 Å². The number of carbonyl (C=O) groups is 1. The molecule has 0 saturated heterocycles. The van der Waals surface area contributed by atoms with Crippen molar-refractivity contribution in [2.45, 2.75) is 18.6 Å². The smallest absolute Gasteiger partial charge is 0.277 e. The van der Waals surface area contributed by atoms with Crippen LogP contribution in [0.25, 0.3) is 0 Å². The molecule has 0 aliphatic rings. The highest BCUT2D eigenvalue weighted by Crippen LogP contribution is 2.14. The topological polar surface area (TPSA) is 77.2 Å². The van der Waals surface area contributed by atoms with Gasteiger partial charge in [-0.25, -0.2) is 0 Å². The van der Waals surface area contributed by atoms with Crippen molar-refractivity contribution in [2.75, 3.05) is 26.0 Å². The van der Waals surface area contributed by atoms with Gasteiger partial charge in [-0.15, -0.1) is 10.2 Å². The Labute approximate surface area is 98.1 Å². The van der Waals surface area contributed by atoms with Crippen molar-refractivity contribution in [1.29, 1.82) is 0 Å². The lowest BCUT2D eigenvalue weighted by Gasteiger charge is -2.02. The van der Waals surface area contributed by atoms with Crippen molar-refractivity contribution >= 4 is 17.7 Å². The van der Waals surface area contributed by atoms with E-state index in [4.69, 9.17) is 9.15 Å². The van der Waals surface area contributed by atoms with Gasteiger partial charge in [-0.2, -0.15) is 0 Å². The zero-order valence-corrected chi connectivity index (χ0v) is 10.2. The third-order valence-corrected chi connectivity index (χ3v) is 2.50. The van der Waals surface area contributed by atoms with Gasteiger partial charge in [0.15, 0.2) is 0 Å². The van der Waals surface area contributed by atoms with Crippen LogP contribution in [-0.4, -0.2) is 42.1 Å². The van der Waals surface area contributed by atoms with E-state index >= 15 is 0 Å². The monoisotopic (exact) mass is 245 g/mol. The van der Waals surface area contributed by atoms with Crippen LogP contribution in [0.4, 0.5) is 0 Å². The summed E-state index contributed by atoms with van der Waals surface area (Å²) in [5, 5.41) is 10.6. The first-order valence-electron chi connectivity index (χ1n) is 4.91. The minimum absolute atomic E-state index is 0.0445. The quantitative estimate of drug-likeness (QED) is 0.560. The Balaban J connectivity index is 2.10. The summed E-state index contributed by atoms with van der Waals surface area (Å²) in [5.74, 6) is 0.745. The standard InChI is InChI=1S/C9H15N3O3S/c1-7-11-12-9(15-7)16-6-8(13)10-4-3-5-14-2/h3-6H2,1-2H3,(H,10,13). The van der Waals surface area contributed by atoms with E-state index in [1.807, 2.05) is 0 Å². The molecule has 0 spiro atoms. The maximum atomic E-state index is 11.3. The van der Waals surface area contributed by atoms with Gasteiger partial charge in [0.1, 0.15) is 0 Å². The summed E-state index contributed by atoms with van der Waals surface area (Å²) in [4.78, 5) is 11.3. The lowest BCUT2D eigenvalue weighted by atomic mass is 10.4. The van der Waals surface area contributed by atoms with E-state index in [1.165, 1.54) is 11.8 Å². The first-order chi connectivity index (χ1) is 7.72. The number of hydrogen-bond donors (Lipinski definition) is 1. The molecule has 1 heterocycles. The minimum Gasteiger partial charge on any atom is -0.416 e. The number of nitrogens with one attached hydrogen (secondary N) is 1. The van der Waals surface area contributed by atoms with Crippen LogP contribution in [0.2, 0.25) is 0 Å². The van der Waals surface area contributed by atoms with Crippen LogP contribution in [0.1, 0.15) is 12.3 Å². The molecule has 1 amide bonds. The molecular formula is C9H15N3O3S. The van der Waals surface area contributed by atoms with Crippen LogP contribution in [0.15, 0.2) is 9.64 Å². The molecule has 0 bridgehead atoms. The third-order valence-electron chi connectivity index (χ3n) is 1.68. The fourth-order valence-electron chi connectivity index (χ4n) is 0.959. The number of methoxy groups -OCH3 is 1. The summed E-state index contributed by atoms with van der Waals surface area (Å²) >= 11 is 1.23. The Morgan fingerprint density at radius 1 is 1.56 bits per heavy atom. The minimum atomic E-state index is -0.0445. The Hall–Kier alpha value is -1.08. The summed E-state index contributed by atoms with van der Waals surface area (Å²) in [5.41, 5.74) is 0. The number of amides is 1. The van der Waals surface area contributed by atoms with Crippen molar-refractivity contribution in [3.05, 3.63) is 5.89 Å². The number of aryl methyl sites for hydroxylation is 1. The third kappa shape index (κ3) is 5.13. The number of thioether (sulfide) groups is 1. The van der Waals surface area contributed by atoms with Crippen LogP contribution in [0.5, 0.6) is 0 Å². The van der Waals surface area contributed by atoms with Crippen LogP contribution < -0.4 is 5.32 Å². The molecule has 0 aromatic carbocycles. The van der Waals surface area contributed by atoms with E-state index in [1.54, 1.807) is 14.0 Å². The molecule has 16 heavy (non-hydrogen) atoms. The van der Waals surface area contributed by atoms with Crippen molar-refractivity contribution < 1.29 is 13.9 Å². The van der Waals surface area contributed by atoms with Crippen LogP contribution in [0.3, 0.4) is 0 Å². The highest BCUT2D eigenvalue weighted by molar-refractivity contribution is 7.99. The highest BCUT2D eigenvalue weighted by Gasteiger charge is 2.06. The number of rotatable bonds is 7. The average molecular weight is 245 g/mol. The second kappa shape index (κ2) is 7.24. The Bertz CT molecular complexity index is 330. The highest BCUT2D eigenvalue weighted by atomic mass is 32.2. The molecule has 0 fully saturated rings. The predicted octanol–water partition coefficient (Wildman–Crippen LogP) is 0.623. The summed E-state index contributed by atoms with van der Waals surface area (Å²) in [6, 6.07) is 0. The van der Waals surface area contributed by atoms with Gasteiger partial charge >= 0.3 is 0 Å². The normalized spacial score (nSPS) is 10.4. The predicted molar refractivity (Wildman–Crippen MR) is 59.3 cm³/mol. The summed E-state index contributed by atoms with van der Waals surface area (Å²) in [6.07, 6.45) is 0.812. The molecule has 0 saturated carbocycles. The van der Waals surface area contributed by atoms with Gasteiger partial charge in [-0.3, -0.25) is 4.79 Å². The molecule has 6 nitrogen and oxygen atoms in total. The second-order valence-electron chi connectivity index (χ2n) is 3.07. The molecular weight excluding hydrogens is 230 g/mol. The van der Waals surface area contributed by atoms with Gasteiger partial charge in [0.2, 0.25) is 11.8 Å². The number of ether oxygens (including phenoxy) is 1. The van der Waals surface area contributed by atoms with Crippen molar-refractivity contribution in [3.63, 3.8) is 0 Å². The first kappa shape index (κ1) is 13.0. The van der Waals surface area contributed by atoms with E-state index in [0.29, 0.717) is 24.3 Å². The number of carbonyl (C=O) groups excluding carboxylic acids is 1. The largest absolute Gasteiger partial charge is 0.416 e. The molecule has 1 N–H and O–H groups in total. The Kier molecular flexibility index (Phi) is 5.87. The van der Waals surface area contributed by atoms with Gasteiger partial charge in [0, 0.05) is 27.2 Å². The summed E-state index contributed by atoms with van der Waals surface area (Å²) < 4.78 is 9.98. The second-order valence-corrected chi connectivity index (χ2v) is 4.00. The van der Waals surface area contributed by atoms with E-state index in [2.05, 4.69) is 15.5 Å². The molecule has 0 aliphatic carbocycles. The zero-order valence-electron chi connectivity index (χ0n) is 9.36. The molecule has 0 unspecified atom stereocenters. The molecule has 7 heteroatoms. The number of nitrogens with zero attached hydrogens (tertiary/aromatic N) is 2. The van der Waals surface area contributed by atoms with Crippen molar-refractivity contribution in [2.24, 2.45) is 0 Å². The lowest BCUT2D eigenvalue weighted by molar-refractivity contribution is -0.118. The maximum Gasteiger partial charge on any atom is 0.277 e. The maximum absolute atomic E-state index is 11.3. The molecule has 0 atom stereocenters. The molecule has 1 rings (SSSR count). The Morgan fingerprint density at radius 2 is 2.38 bits per heavy atom. The van der Waals surface area contributed by atoms with Crippen molar-refractivity contribution in [1.82, 2.24) is 15.5 Å². The van der Waals surface area contributed by atoms with Gasteiger partial charge < -0.3 is 14.5 Å². The molecule has 0 aliphatic heterocycles. The summed E-state index contributed by atoms with van der Waals surface area (Å²) in [6.45, 7) is 2.98. The van der Waals surface area contributed by atoms with Crippen molar-refractivity contribution in [3.8, 4) is 0 Å². The molecule has 1 aromatic rings. The Morgan fingerprint density at radius 3 is 3.00 bits per heavy atom. The molecule has 0 radical (unpaired) electrons. The van der Waals surface area contributed by atoms with E-state index in [0.717, 1.165) is 6.42 Å². The van der Waals surface area contributed by atoms with E-state index in [-0.39, 0.29) is 11.7 Å². The van der Waals surface area contributed by atoms with Crippen LogP contribution in [0, 0.1) is 6.92 Å². The van der Waals surface area contributed by atoms with E-state index in [9.17, 15) is 4.79 Å². The fraction of sp³-hybridized carbons (Fsp3) is 0.667. The first-order valence-corrected chi connectivity index (χ1v) is 5.89. The summed E-state index contributed by atoms with van der Waals surface area (Å²) in [7, 11) is 1.63. The van der Waals surface area contributed by atoms with Gasteiger partial charge in [0.05, 0.1) is 5.75 Å². The average Bonchev–Trinajstić information content (AvgIpc) is 2.68. The number of aromatic nitrogens is 2. The SMILES string of the molecule is COCCCNC(=O)CSc1nnc(C)o1. The molecule has 90 valence electrons. The van der Waals surface area contributed by atoms with Crippen LogP contribution >= 0.6 is 11.8 Å². The van der Waals surface area contributed by atoms with Gasteiger partial charge in [0.25, 0.3) is 5.22 Å². The number of hydrogen-bond acceptors (Lipinski definition) is 6. The lowest BCUT2D eigenvalue weighted by Crippen LogP contribution is -2.26.